The van der Waals surface area contributed by atoms with Crippen molar-refractivity contribution in [2.75, 3.05) is 11.9 Å². The minimum atomic E-state index is -0.472. The van der Waals surface area contributed by atoms with E-state index in [2.05, 4.69) is 10.3 Å². The lowest BCUT2D eigenvalue weighted by molar-refractivity contribution is -0.112. The Labute approximate surface area is 145 Å². The number of nitriles is 1. The molecular weight excluding hydrogens is 314 g/mol. The monoisotopic (exact) mass is 331 g/mol. The molecule has 0 spiro atoms. The number of amides is 1. The van der Waals surface area contributed by atoms with Gasteiger partial charge in [0.1, 0.15) is 17.4 Å². The lowest BCUT2D eigenvalue weighted by Gasteiger charge is -2.10. The second-order valence-electron chi connectivity index (χ2n) is 5.34. The number of benzene rings is 2. The Balaban J connectivity index is 1.89. The number of anilines is 1. The number of aromatic nitrogens is 1. The number of nitrogens with one attached hydrogen (secondary N) is 2. The van der Waals surface area contributed by atoms with Gasteiger partial charge in [0.2, 0.25) is 0 Å². The van der Waals surface area contributed by atoms with Gasteiger partial charge in [-0.3, -0.25) is 4.79 Å². The van der Waals surface area contributed by atoms with Gasteiger partial charge in [-0.25, -0.2) is 0 Å². The first-order valence-electron chi connectivity index (χ1n) is 7.94. The van der Waals surface area contributed by atoms with Gasteiger partial charge in [0, 0.05) is 22.7 Å². The number of ether oxygens (including phenoxy) is 1. The molecule has 3 rings (SSSR count). The average Bonchev–Trinajstić information content (AvgIpc) is 3.04. The van der Waals surface area contributed by atoms with Crippen LogP contribution in [0.4, 0.5) is 5.69 Å². The van der Waals surface area contributed by atoms with E-state index in [1.807, 2.05) is 43.3 Å². The summed E-state index contributed by atoms with van der Waals surface area (Å²) in [5, 5.41) is 13.1. The number of hydrogen-bond donors (Lipinski definition) is 2. The fourth-order valence-electron chi connectivity index (χ4n) is 2.56. The van der Waals surface area contributed by atoms with Crippen LogP contribution in [0.15, 0.2) is 60.3 Å². The molecule has 0 atom stereocenters. The molecule has 0 fully saturated rings. The summed E-state index contributed by atoms with van der Waals surface area (Å²) in [5.74, 6) is 0.0997. The first-order valence-corrected chi connectivity index (χ1v) is 7.94. The number of carbonyl (C=O) groups excluding carboxylic acids is 1. The number of H-pyrrole nitrogens is 1. The summed E-state index contributed by atoms with van der Waals surface area (Å²) in [7, 11) is 0. The van der Waals surface area contributed by atoms with Gasteiger partial charge in [-0.2, -0.15) is 5.26 Å². The Hall–Kier alpha value is -3.52. The van der Waals surface area contributed by atoms with Gasteiger partial charge < -0.3 is 15.0 Å². The van der Waals surface area contributed by atoms with Crippen LogP contribution in [0.2, 0.25) is 0 Å². The van der Waals surface area contributed by atoms with Crippen LogP contribution in [0, 0.1) is 11.3 Å². The van der Waals surface area contributed by atoms with Crippen molar-refractivity contribution < 1.29 is 9.53 Å². The van der Waals surface area contributed by atoms with Gasteiger partial charge in [-0.1, -0.05) is 30.3 Å². The number of carbonyl (C=O) groups is 1. The van der Waals surface area contributed by atoms with Crippen LogP contribution < -0.4 is 10.1 Å². The second kappa shape index (κ2) is 7.37. The Morgan fingerprint density at radius 1 is 1.24 bits per heavy atom. The predicted molar refractivity (Wildman–Crippen MR) is 98.1 cm³/mol. The predicted octanol–water partition coefficient (Wildman–Crippen LogP) is 4.11. The third kappa shape index (κ3) is 3.54. The molecule has 2 N–H and O–H groups in total. The van der Waals surface area contributed by atoms with E-state index in [4.69, 9.17) is 4.74 Å². The van der Waals surface area contributed by atoms with Gasteiger partial charge in [0.05, 0.1) is 12.3 Å². The van der Waals surface area contributed by atoms with Gasteiger partial charge in [0.15, 0.2) is 0 Å². The summed E-state index contributed by atoms with van der Waals surface area (Å²) in [6.45, 7) is 2.36. The van der Waals surface area contributed by atoms with E-state index in [0.29, 0.717) is 18.0 Å². The lowest BCUT2D eigenvalue weighted by Crippen LogP contribution is -2.14. The molecule has 1 heterocycles. The van der Waals surface area contributed by atoms with Crippen LogP contribution in [0.1, 0.15) is 12.5 Å². The van der Waals surface area contributed by atoms with E-state index in [9.17, 15) is 10.1 Å². The van der Waals surface area contributed by atoms with E-state index in [-0.39, 0.29) is 5.57 Å². The maximum absolute atomic E-state index is 12.5. The quantitative estimate of drug-likeness (QED) is 0.545. The molecule has 0 saturated heterocycles. The number of para-hydroxylation sites is 3. The van der Waals surface area contributed by atoms with Crippen molar-refractivity contribution in [3.05, 3.63) is 65.9 Å². The average molecular weight is 331 g/mol. The fourth-order valence-corrected chi connectivity index (χ4v) is 2.56. The van der Waals surface area contributed by atoms with Gasteiger partial charge in [0.25, 0.3) is 5.91 Å². The number of hydrogen-bond acceptors (Lipinski definition) is 3. The van der Waals surface area contributed by atoms with Crippen molar-refractivity contribution in [1.29, 1.82) is 5.26 Å². The van der Waals surface area contributed by atoms with Crippen LogP contribution in [0.25, 0.3) is 17.0 Å². The van der Waals surface area contributed by atoms with Crippen LogP contribution in [0.5, 0.6) is 5.75 Å². The third-order valence-electron chi connectivity index (χ3n) is 3.72. The van der Waals surface area contributed by atoms with E-state index in [1.165, 1.54) is 0 Å². The molecule has 5 heteroatoms. The molecule has 0 bridgehead atoms. The zero-order valence-corrected chi connectivity index (χ0v) is 13.7. The summed E-state index contributed by atoms with van der Waals surface area (Å²) in [4.78, 5) is 15.6. The molecule has 5 nitrogen and oxygen atoms in total. The Bertz CT molecular complexity index is 980. The van der Waals surface area contributed by atoms with Crippen LogP contribution in [0.3, 0.4) is 0 Å². The zero-order valence-electron chi connectivity index (χ0n) is 13.7. The maximum Gasteiger partial charge on any atom is 0.266 e. The Kier molecular flexibility index (Phi) is 4.82. The van der Waals surface area contributed by atoms with Crippen molar-refractivity contribution in [3.8, 4) is 11.8 Å². The van der Waals surface area contributed by atoms with Crippen molar-refractivity contribution >= 4 is 28.6 Å². The molecule has 0 radical (unpaired) electrons. The minimum Gasteiger partial charge on any atom is -0.492 e. The number of nitrogens with zero attached hydrogens (tertiary/aromatic N) is 1. The van der Waals surface area contributed by atoms with Crippen LogP contribution in [-0.2, 0) is 4.79 Å². The van der Waals surface area contributed by atoms with Crippen molar-refractivity contribution in [3.63, 3.8) is 0 Å². The highest BCUT2D eigenvalue weighted by atomic mass is 16.5. The summed E-state index contributed by atoms with van der Waals surface area (Å²) in [5.41, 5.74) is 2.30. The van der Waals surface area contributed by atoms with Crippen molar-refractivity contribution in [2.45, 2.75) is 6.92 Å². The molecule has 1 amide bonds. The summed E-state index contributed by atoms with van der Waals surface area (Å²) in [6, 6.07) is 16.8. The largest absolute Gasteiger partial charge is 0.492 e. The van der Waals surface area contributed by atoms with E-state index < -0.39 is 5.91 Å². The zero-order chi connectivity index (χ0) is 17.6. The number of rotatable bonds is 5. The molecule has 0 aliphatic heterocycles. The summed E-state index contributed by atoms with van der Waals surface area (Å²) < 4.78 is 5.49. The Morgan fingerprint density at radius 2 is 2.00 bits per heavy atom. The molecule has 124 valence electrons. The molecule has 0 unspecified atom stereocenters. The Morgan fingerprint density at radius 3 is 2.80 bits per heavy atom. The van der Waals surface area contributed by atoms with E-state index >= 15 is 0 Å². The van der Waals surface area contributed by atoms with Gasteiger partial charge in [-0.15, -0.1) is 0 Å². The van der Waals surface area contributed by atoms with E-state index in [1.54, 1.807) is 30.5 Å². The molecular formula is C20H17N3O2. The normalized spacial score (nSPS) is 11.1. The molecule has 0 aliphatic carbocycles. The lowest BCUT2D eigenvalue weighted by atomic mass is 10.1. The van der Waals surface area contributed by atoms with Crippen LogP contribution >= 0.6 is 0 Å². The second-order valence-corrected chi connectivity index (χ2v) is 5.34. The van der Waals surface area contributed by atoms with Gasteiger partial charge >= 0.3 is 0 Å². The summed E-state index contributed by atoms with van der Waals surface area (Å²) in [6.07, 6.45) is 3.36. The number of fused-ring (bicyclic) bond motifs is 1. The SMILES string of the molecule is CCOc1ccccc1NC(=O)C(C#N)=Cc1c[nH]c2ccccc12. The first-order chi connectivity index (χ1) is 12.2. The smallest absolute Gasteiger partial charge is 0.266 e. The van der Waals surface area contributed by atoms with E-state index in [0.717, 1.165) is 16.5 Å². The number of aromatic amines is 1. The molecule has 3 aromatic rings. The fraction of sp³-hybridized carbons (Fsp3) is 0.100. The molecule has 0 aliphatic rings. The molecule has 25 heavy (non-hydrogen) atoms. The van der Waals surface area contributed by atoms with Crippen LogP contribution in [-0.4, -0.2) is 17.5 Å². The molecule has 2 aromatic carbocycles. The highest BCUT2D eigenvalue weighted by Gasteiger charge is 2.13. The third-order valence-corrected chi connectivity index (χ3v) is 3.72. The highest BCUT2D eigenvalue weighted by Crippen LogP contribution is 2.25. The molecule has 1 aromatic heterocycles. The summed E-state index contributed by atoms with van der Waals surface area (Å²) >= 11 is 0. The van der Waals surface area contributed by atoms with Crippen molar-refractivity contribution in [1.82, 2.24) is 4.98 Å². The standard InChI is InChI=1S/C20H17N3O2/c1-2-25-19-10-6-5-9-18(19)23-20(24)14(12-21)11-15-13-22-17-8-4-3-7-16(15)17/h3-11,13,22H,2H2,1H3,(H,23,24). The van der Waals surface area contributed by atoms with Gasteiger partial charge in [-0.05, 0) is 31.2 Å². The van der Waals surface area contributed by atoms with Crippen molar-refractivity contribution in [2.24, 2.45) is 0 Å². The molecule has 0 saturated carbocycles. The maximum atomic E-state index is 12.5. The highest BCUT2D eigenvalue weighted by molar-refractivity contribution is 6.11. The first kappa shape index (κ1) is 16.3. The topological polar surface area (TPSA) is 77.9 Å². The minimum absolute atomic E-state index is 0.0241.